The van der Waals surface area contributed by atoms with E-state index in [0.29, 0.717) is 40.9 Å². The molecule has 5 N–H and O–H groups in total. The maximum Gasteiger partial charge on any atom is 0.340 e. The molecule has 3 aliphatic rings. The fraction of sp³-hybridized carbons (Fsp3) is 0.429. The Hall–Kier alpha value is -3.67. The van der Waals surface area contributed by atoms with Gasteiger partial charge in [-0.3, -0.25) is 9.59 Å². The molecule has 1 fully saturated rings. The van der Waals surface area contributed by atoms with Gasteiger partial charge in [-0.05, 0) is 55.9 Å². The van der Waals surface area contributed by atoms with Crippen LogP contribution in [0.3, 0.4) is 0 Å². The second kappa shape index (κ2) is 8.41. The predicted molar refractivity (Wildman–Crippen MR) is 139 cm³/mol. The Labute approximate surface area is 222 Å². The quantitative estimate of drug-likeness (QED) is 0.300. The number of nitrogens with one attached hydrogen (secondary N) is 1. The van der Waals surface area contributed by atoms with Gasteiger partial charge in [-0.15, -0.1) is 0 Å². The van der Waals surface area contributed by atoms with E-state index in [1.165, 1.54) is 30.5 Å². The first-order valence-electron chi connectivity index (χ1n) is 12.9. The lowest BCUT2D eigenvalue weighted by Crippen LogP contribution is -2.66. The lowest BCUT2D eigenvalue weighted by Gasteiger charge is -2.38. The largest absolute Gasteiger partial charge is 0.479 e. The summed E-state index contributed by atoms with van der Waals surface area (Å²) in [4.78, 5) is 43.4. The molecule has 1 aromatic carbocycles. The number of pyridine rings is 2. The zero-order chi connectivity index (χ0) is 28.0. The minimum Gasteiger partial charge on any atom is -0.479 e. The van der Waals surface area contributed by atoms with E-state index in [-0.39, 0.29) is 43.2 Å². The van der Waals surface area contributed by atoms with Crippen molar-refractivity contribution in [3.8, 4) is 11.4 Å². The molecule has 0 spiro atoms. The van der Waals surface area contributed by atoms with E-state index in [9.17, 15) is 29.0 Å². The normalized spacial score (nSPS) is 20.1. The zero-order valence-corrected chi connectivity index (χ0v) is 21.9. The van der Waals surface area contributed by atoms with Crippen LogP contribution in [-0.4, -0.2) is 50.4 Å². The number of benzene rings is 1. The van der Waals surface area contributed by atoms with Gasteiger partial charge in [0.1, 0.15) is 11.4 Å². The van der Waals surface area contributed by atoms with Crippen LogP contribution in [0, 0.1) is 19.7 Å². The Bertz CT molecular complexity index is 1680. The number of aliphatic carboxylic acids is 1. The number of aliphatic hydroxyl groups is 1. The lowest BCUT2D eigenvalue weighted by atomic mass is 9.81. The first kappa shape index (κ1) is 25.6. The number of amides is 1. The van der Waals surface area contributed by atoms with E-state index in [2.05, 4.69) is 5.32 Å². The van der Waals surface area contributed by atoms with Gasteiger partial charge in [0.25, 0.3) is 5.56 Å². The van der Waals surface area contributed by atoms with Crippen LogP contribution in [0.1, 0.15) is 59.2 Å². The first-order chi connectivity index (χ1) is 18.4. The van der Waals surface area contributed by atoms with E-state index >= 15 is 0 Å². The number of carbonyl (C=O) groups is 2. The van der Waals surface area contributed by atoms with Crippen molar-refractivity contribution >= 4 is 22.8 Å². The fourth-order valence-electron chi connectivity index (χ4n) is 6.19. The summed E-state index contributed by atoms with van der Waals surface area (Å²) in [6, 6.07) is 2.38. The molecule has 0 radical (unpaired) electrons. The highest BCUT2D eigenvalue weighted by molar-refractivity contribution is 5.94. The lowest BCUT2D eigenvalue weighted by molar-refractivity contribution is -0.160. The Morgan fingerprint density at radius 2 is 2.00 bits per heavy atom. The molecule has 204 valence electrons. The van der Waals surface area contributed by atoms with E-state index in [4.69, 9.17) is 15.5 Å². The number of carboxylic acids is 1. The molecular weight excluding hydrogens is 507 g/mol. The minimum absolute atomic E-state index is 0.00664. The topological polar surface area (TPSA) is 157 Å². The van der Waals surface area contributed by atoms with Crippen LogP contribution in [0.2, 0.25) is 0 Å². The van der Waals surface area contributed by atoms with Crippen molar-refractivity contribution in [2.24, 2.45) is 5.73 Å². The number of hydrogen-bond acceptors (Lipinski definition) is 7. The molecule has 0 saturated carbocycles. The van der Waals surface area contributed by atoms with E-state index in [0.717, 1.165) is 16.5 Å². The van der Waals surface area contributed by atoms with E-state index < -0.39 is 34.5 Å². The third-order valence-electron chi connectivity index (χ3n) is 8.66. The maximum absolute atomic E-state index is 15.0. The molecule has 1 amide bonds. The maximum atomic E-state index is 15.0. The van der Waals surface area contributed by atoms with Crippen LogP contribution in [0.5, 0.6) is 0 Å². The molecule has 10 nitrogen and oxygen atoms in total. The molecule has 2 atom stereocenters. The number of carboxylic acid groups (broad SMARTS) is 1. The number of hydrogen-bond donors (Lipinski definition) is 4. The van der Waals surface area contributed by atoms with Crippen molar-refractivity contribution in [2.75, 3.05) is 13.2 Å². The molecule has 2 aromatic heterocycles. The highest BCUT2D eigenvalue weighted by Gasteiger charge is 2.44. The number of halogens is 1. The number of ether oxygens (including phenoxy) is 1. The van der Waals surface area contributed by atoms with Gasteiger partial charge in [-0.2, -0.15) is 0 Å². The zero-order valence-electron chi connectivity index (χ0n) is 21.9. The summed E-state index contributed by atoms with van der Waals surface area (Å²) in [5, 5.41) is 24.6. The molecule has 0 unspecified atom stereocenters. The molecule has 2 aliphatic heterocycles. The molecule has 3 aromatic rings. The molecular formula is C28H29FN4O6. The molecule has 4 heterocycles. The number of aromatic nitrogens is 2. The summed E-state index contributed by atoms with van der Waals surface area (Å²) in [6.45, 7) is 5.10. The van der Waals surface area contributed by atoms with Crippen molar-refractivity contribution in [3.63, 3.8) is 0 Å². The van der Waals surface area contributed by atoms with Gasteiger partial charge in [0.05, 0.1) is 42.7 Å². The van der Waals surface area contributed by atoms with Crippen molar-refractivity contribution in [3.05, 3.63) is 61.7 Å². The van der Waals surface area contributed by atoms with Gasteiger partial charge in [-0.1, -0.05) is 6.92 Å². The summed E-state index contributed by atoms with van der Waals surface area (Å²) in [6.07, 6.45) is 0.863. The number of rotatable bonds is 5. The highest BCUT2D eigenvalue weighted by atomic mass is 19.1. The van der Waals surface area contributed by atoms with Crippen LogP contribution >= 0.6 is 0 Å². The van der Waals surface area contributed by atoms with Gasteiger partial charge < -0.3 is 30.6 Å². The van der Waals surface area contributed by atoms with Gasteiger partial charge >= 0.3 is 5.97 Å². The van der Waals surface area contributed by atoms with Crippen LogP contribution in [-0.2, 0) is 32.9 Å². The van der Waals surface area contributed by atoms with E-state index in [1.54, 1.807) is 6.92 Å². The Morgan fingerprint density at radius 3 is 2.62 bits per heavy atom. The minimum atomic E-state index is -2.26. The SMILES string of the molecule is CC[C@](O)(C(=O)O)c1cc2n(c(=O)c1C)Cc1c-2nc2cc(F)c(C)c3c2c1[C@H](NC(=O)C1(N)COC1)CC3. The molecule has 1 aliphatic carbocycles. The summed E-state index contributed by atoms with van der Waals surface area (Å²) >= 11 is 0. The second-order valence-corrected chi connectivity index (χ2v) is 10.9. The smallest absolute Gasteiger partial charge is 0.340 e. The van der Waals surface area contributed by atoms with E-state index in [1.807, 2.05) is 0 Å². The highest BCUT2D eigenvalue weighted by Crippen LogP contribution is 2.45. The standard InChI is InChI=1S/C28H29FN4O6/c1-4-28(38,26(36)37)16-7-20-23-15(9-33(20)24(34)13(16)3)22-18(32-25(35)27(30)10-39-11-27)6-5-14-12(2)17(29)8-19(31-23)21(14)22/h7-8,18,38H,4-6,9-11,30H2,1-3H3,(H,32,35)(H,36,37)/t18-,28-/m1/s1. The number of fused-ring (bicyclic) bond motifs is 4. The third kappa shape index (κ3) is 3.43. The first-order valence-corrected chi connectivity index (χ1v) is 12.9. The summed E-state index contributed by atoms with van der Waals surface area (Å²) in [5.41, 5.74) is 6.35. The van der Waals surface area contributed by atoms with Crippen LogP contribution in [0.25, 0.3) is 22.3 Å². The number of aryl methyl sites for hydroxylation is 1. The third-order valence-corrected chi connectivity index (χ3v) is 8.66. The Balaban J connectivity index is 1.61. The van der Waals surface area contributed by atoms with Gasteiger partial charge in [0.15, 0.2) is 5.60 Å². The fourth-order valence-corrected chi connectivity index (χ4v) is 6.19. The van der Waals surface area contributed by atoms with Gasteiger partial charge in [-0.25, -0.2) is 14.2 Å². The molecule has 11 heteroatoms. The monoisotopic (exact) mass is 536 g/mol. The van der Waals surface area contributed by atoms with Crippen molar-refractivity contribution in [2.45, 2.75) is 63.8 Å². The second-order valence-electron chi connectivity index (χ2n) is 10.9. The Morgan fingerprint density at radius 1 is 1.28 bits per heavy atom. The molecule has 6 rings (SSSR count). The Kier molecular flexibility index (Phi) is 5.52. The van der Waals surface area contributed by atoms with Crippen LogP contribution < -0.4 is 16.6 Å². The average Bonchev–Trinajstić information content (AvgIpc) is 3.26. The number of carbonyl (C=O) groups excluding carboxylic acids is 1. The number of nitrogens with two attached hydrogens (primary N) is 1. The van der Waals surface area contributed by atoms with Crippen LogP contribution in [0.4, 0.5) is 4.39 Å². The predicted octanol–water partition coefficient (Wildman–Crippen LogP) is 1.69. The van der Waals surface area contributed by atoms with Crippen molar-refractivity contribution in [1.29, 1.82) is 0 Å². The molecule has 39 heavy (non-hydrogen) atoms. The average molecular weight is 537 g/mol. The summed E-state index contributed by atoms with van der Waals surface area (Å²) in [5.74, 6) is -2.21. The number of nitrogens with zero attached hydrogens (tertiary/aromatic N) is 2. The summed E-state index contributed by atoms with van der Waals surface area (Å²) < 4.78 is 21.6. The van der Waals surface area contributed by atoms with Crippen molar-refractivity contribution in [1.82, 2.24) is 14.9 Å². The van der Waals surface area contributed by atoms with Gasteiger partial charge in [0, 0.05) is 28.1 Å². The molecule has 0 bridgehead atoms. The molecule has 1 saturated heterocycles. The summed E-state index contributed by atoms with van der Waals surface area (Å²) in [7, 11) is 0. The van der Waals surface area contributed by atoms with Crippen molar-refractivity contribution < 1.29 is 28.9 Å². The van der Waals surface area contributed by atoms with Gasteiger partial charge in [0.2, 0.25) is 5.91 Å². The van der Waals surface area contributed by atoms with Crippen LogP contribution in [0.15, 0.2) is 16.9 Å².